The molecule has 3 nitrogen and oxygen atoms in total. The second-order valence-corrected chi connectivity index (χ2v) is 4.12. The van der Waals surface area contributed by atoms with E-state index in [-0.39, 0.29) is 0 Å². The van der Waals surface area contributed by atoms with Gasteiger partial charge in [-0.15, -0.1) is 0 Å². The van der Waals surface area contributed by atoms with Crippen molar-refractivity contribution in [1.82, 2.24) is 0 Å². The maximum atomic E-state index is 6.02. The quantitative estimate of drug-likeness (QED) is 0.503. The summed E-state index contributed by atoms with van der Waals surface area (Å²) in [5, 5.41) is 1.22. The third-order valence-corrected chi connectivity index (χ3v) is 2.58. The summed E-state index contributed by atoms with van der Waals surface area (Å²) >= 11 is 11.8. The molecule has 0 amide bonds. The van der Waals surface area contributed by atoms with E-state index in [4.69, 9.17) is 33.7 Å². The summed E-state index contributed by atoms with van der Waals surface area (Å²) in [5.41, 5.74) is 6.68. The Bertz CT molecular complexity index is 380. The lowest BCUT2D eigenvalue weighted by Gasteiger charge is -2.04. The van der Waals surface area contributed by atoms with Gasteiger partial charge in [-0.25, -0.2) is 0 Å². The fourth-order valence-electron chi connectivity index (χ4n) is 1.20. The van der Waals surface area contributed by atoms with Gasteiger partial charge >= 0.3 is 0 Å². The summed E-state index contributed by atoms with van der Waals surface area (Å²) < 4.78 is 4.88. The van der Waals surface area contributed by atoms with E-state index < -0.39 is 0 Å². The first-order chi connectivity index (χ1) is 7.63. The van der Waals surface area contributed by atoms with E-state index in [1.807, 2.05) is 6.07 Å². The molecule has 0 spiro atoms. The molecule has 0 aliphatic rings. The van der Waals surface area contributed by atoms with Gasteiger partial charge < -0.3 is 10.5 Å². The predicted octanol–water partition coefficient (Wildman–Crippen LogP) is 2.54. The fraction of sp³-hybridized carbons (Fsp3) is 0.364. The average Bonchev–Trinajstić information content (AvgIpc) is 2.23. The Kier molecular flexibility index (Phi) is 5.60. The maximum Gasteiger partial charge on any atom is 0.0983 e. The van der Waals surface area contributed by atoms with Crippen LogP contribution in [0.15, 0.2) is 23.2 Å². The molecule has 0 radical (unpaired) electrons. The minimum absolute atomic E-state index is 0.527. The molecule has 5 heteroatoms. The standard InChI is InChI=1S/C11H14Cl2N2O/c1-16-5-4-15-11(14)6-8-2-3-9(12)7-10(8)13/h2-3,7H,4-6H2,1H3,(H2,14,15). The Labute approximate surface area is 105 Å². The van der Waals surface area contributed by atoms with Gasteiger partial charge in [0, 0.05) is 23.6 Å². The van der Waals surface area contributed by atoms with Crippen LogP contribution in [-0.2, 0) is 11.2 Å². The van der Waals surface area contributed by atoms with Crippen LogP contribution in [0.1, 0.15) is 5.56 Å². The zero-order valence-electron chi connectivity index (χ0n) is 9.04. The van der Waals surface area contributed by atoms with Crippen LogP contribution < -0.4 is 5.73 Å². The second-order valence-electron chi connectivity index (χ2n) is 3.28. The molecule has 0 atom stereocenters. The highest BCUT2D eigenvalue weighted by molar-refractivity contribution is 6.35. The highest BCUT2D eigenvalue weighted by atomic mass is 35.5. The summed E-state index contributed by atoms with van der Waals surface area (Å²) in [6.45, 7) is 1.13. The van der Waals surface area contributed by atoms with E-state index in [0.29, 0.717) is 35.5 Å². The van der Waals surface area contributed by atoms with Gasteiger partial charge in [-0.1, -0.05) is 29.3 Å². The zero-order chi connectivity index (χ0) is 12.0. The van der Waals surface area contributed by atoms with Gasteiger partial charge in [0.15, 0.2) is 0 Å². The van der Waals surface area contributed by atoms with Gasteiger partial charge in [0.25, 0.3) is 0 Å². The minimum atomic E-state index is 0.527. The highest BCUT2D eigenvalue weighted by Crippen LogP contribution is 2.21. The number of methoxy groups -OCH3 is 1. The number of nitrogens with two attached hydrogens (primary N) is 1. The highest BCUT2D eigenvalue weighted by Gasteiger charge is 2.03. The molecule has 1 aromatic rings. The molecule has 0 aliphatic carbocycles. The maximum absolute atomic E-state index is 6.02. The van der Waals surface area contributed by atoms with Crippen LogP contribution in [0.2, 0.25) is 10.0 Å². The summed E-state index contributed by atoms with van der Waals surface area (Å²) in [5.74, 6) is 0.543. The molecule has 1 rings (SSSR count). The molecule has 0 bridgehead atoms. The monoisotopic (exact) mass is 260 g/mol. The molecular weight excluding hydrogens is 247 g/mol. The van der Waals surface area contributed by atoms with E-state index in [1.165, 1.54) is 0 Å². The number of ether oxygens (including phenoxy) is 1. The third-order valence-electron chi connectivity index (χ3n) is 2.00. The lowest BCUT2D eigenvalue weighted by atomic mass is 10.1. The molecule has 16 heavy (non-hydrogen) atoms. The van der Waals surface area contributed by atoms with Crippen LogP contribution in [-0.4, -0.2) is 26.1 Å². The first-order valence-electron chi connectivity index (χ1n) is 4.85. The molecule has 0 saturated carbocycles. The van der Waals surface area contributed by atoms with E-state index >= 15 is 0 Å². The number of nitrogens with zero attached hydrogens (tertiary/aromatic N) is 1. The molecule has 0 heterocycles. The molecule has 0 aliphatic heterocycles. The van der Waals surface area contributed by atoms with Crippen molar-refractivity contribution in [3.05, 3.63) is 33.8 Å². The fourth-order valence-corrected chi connectivity index (χ4v) is 1.67. The van der Waals surface area contributed by atoms with Crippen LogP contribution in [0.3, 0.4) is 0 Å². The lowest BCUT2D eigenvalue weighted by molar-refractivity contribution is 0.208. The van der Waals surface area contributed by atoms with Crippen molar-refractivity contribution in [2.45, 2.75) is 6.42 Å². The summed E-state index contributed by atoms with van der Waals surface area (Å²) in [6, 6.07) is 5.33. The number of rotatable bonds is 5. The van der Waals surface area contributed by atoms with Gasteiger partial charge in [-0.3, -0.25) is 4.99 Å². The predicted molar refractivity (Wildman–Crippen MR) is 68.5 cm³/mol. The Hall–Kier alpha value is -0.770. The van der Waals surface area contributed by atoms with Crippen molar-refractivity contribution < 1.29 is 4.74 Å². The topological polar surface area (TPSA) is 47.6 Å². The number of halogens is 2. The van der Waals surface area contributed by atoms with Crippen molar-refractivity contribution >= 4 is 29.0 Å². The van der Waals surface area contributed by atoms with Crippen LogP contribution in [0.25, 0.3) is 0 Å². The molecule has 1 aromatic carbocycles. The molecule has 0 saturated heterocycles. The third kappa shape index (κ3) is 4.39. The van der Waals surface area contributed by atoms with Crippen molar-refractivity contribution in [1.29, 1.82) is 0 Å². The average molecular weight is 261 g/mol. The summed E-state index contributed by atoms with van der Waals surface area (Å²) in [7, 11) is 1.63. The lowest BCUT2D eigenvalue weighted by Crippen LogP contribution is -2.16. The van der Waals surface area contributed by atoms with Gasteiger partial charge in [-0.05, 0) is 17.7 Å². The van der Waals surface area contributed by atoms with Crippen molar-refractivity contribution in [3.63, 3.8) is 0 Å². The molecule has 2 N–H and O–H groups in total. The van der Waals surface area contributed by atoms with Crippen LogP contribution in [0.5, 0.6) is 0 Å². The Balaban J connectivity index is 2.62. The Morgan fingerprint density at radius 3 is 2.81 bits per heavy atom. The van der Waals surface area contributed by atoms with Gasteiger partial charge in [-0.2, -0.15) is 0 Å². The number of aliphatic imine (C=N–C) groups is 1. The Morgan fingerprint density at radius 1 is 1.44 bits per heavy atom. The molecule has 88 valence electrons. The zero-order valence-corrected chi connectivity index (χ0v) is 10.6. The van der Waals surface area contributed by atoms with Crippen molar-refractivity contribution in [3.8, 4) is 0 Å². The summed E-state index contributed by atoms with van der Waals surface area (Å²) in [4.78, 5) is 4.15. The normalized spacial score (nSPS) is 11.8. The number of benzene rings is 1. The van der Waals surface area contributed by atoms with Crippen LogP contribution in [0.4, 0.5) is 0 Å². The number of amidine groups is 1. The van der Waals surface area contributed by atoms with E-state index in [1.54, 1.807) is 19.2 Å². The summed E-state index contributed by atoms with van der Waals surface area (Å²) in [6.07, 6.45) is 0.527. The number of hydrogen-bond donors (Lipinski definition) is 1. The van der Waals surface area contributed by atoms with E-state index in [0.717, 1.165) is 5.56 Å². The van der Waals surface area contributed by atoms with E-state index in [9.17, 15) is 0 Å². The SMILES string of the molecule is COCCN=C(N)Cc1ccc(Cl)cc1Cl. The van der Waals surface area contributed by atoms with Crippen LogP contribution in [0, 0.1) is 0 Å². The largest absolute Gasteiger partial charge is 0.387 e. The van der Waals surface area contributed by atoms with Gasteiger partial charge in [0.2, 0.25) is 0 Å². The first-order valence-corrected chi connectivity index (χ1v) is 5.60. The van der Waals surface area contributed by atoms with Crippen molar-refractivity contribution in [2.24, 2.45) is 10.7 Å². The second kappa shape index (κ2) is 6.74. The molecule has 0 aromatic heterocycles. The Morgan fingerprint density at radius 2 is 2.19 bits per heavy atom. The van der Waals surface area contributed by atoms with Gasteiger partial charge in [0.1, 0.15) is 0 Å². The minimum Gasteiger partial charge on any atom is -0.387 e. The first kappa shape index (κ1) is 13.3. The molecule has 0 unspecified atom stereocenters. The molecule has 0 fully saturated rings. The van der Waals surface area contributed by atoms with Gasteiger partial charge in [0.05, 0.1) is 19.0 Å². The molecular formula is C11H14Cl2N2O. The number of hydrogen-bond acceptors (Lipinski definition) is 2. The smallest absolute Gasteiger partial charge is 0.0983 e. The van der Waals surface area contributed by atoms with Crippen molar-refractivity contribution in [2.75, 3.05) is 20.3 Å². The van der Waals surface area contributed by atoms with Crippen LogP contribution >= 0.6 is 23.2 Å². The van der Waals surface area contributed by atoms with E-state index in [2.05, 4.69) is 4.99 Å².